The molecule has 3 fully saturated rings. The van der Waals surface area contributed by atoms with Crippen LogP contribution in [-0.2, 0) is 4.79 Å². The standard InChI is InChI=1S/C23H32N4O3/c28-19-4-3-11-27(16-19)22(29)17-7-12-25(13-8-17)18-9-14-26(15-10-18)23-24-20-5-1-2-6-21(20)30-23/h1-2,5-6,17-19,28H,3-4,7-16H2. The molecule has 7 heteroatoms. The first-order chi connectivity index (χ1) is 14.7. The van der Waals surface area contributed by atoms with E-state index in [9.17, 15) is 9.90 Å². The lowest BCUT2D eigenvalue weighted by Crippen LogP contribution is -2.51. The fraction of sp³-hybridized carbons (Fsp3) is 0.652. The predicted molar refractivity (Wildman–Crippen MR) is 115 cm³/mol. The molecule has 0 saturated carbocycles. The summed E-state index contributed by atoms with van der Waals surface area (Å²) in [5, 5.41) is 9.87. The van der Waals surface area contributed by atoms with E-state index in [1.165, 1.54) is 0 Å². The summed E-state index contributed by atoms with van der Waals surface area (Å²) >= 11 is 0. The fourth-order valence-electron chi connectivity index (χ4n) is 5.34. The van der Waals surface area contributed by atoms with Crippen LogP contribution in [0.1, 0.15) is 38.5 Å². The summed E-state index contributed by atoms with van der Waals surface area (Å²) in [6.07, 6.45) is 5.50. The van der Waals surface area contributed by atoms with E-state index in [4.69, 9.17) is 4.42 Å². The Morgan fingerprint density at radius 1 is 1.00 bits per heavy atom. The third kappa shape index (κ3) is 4.05. The van der Waals surface area contributed by atoms with Crippen LogP contribution < -0.4 is 4.90 Å². The zero-order valence-corrected chi connectivity index (χ0v) is 17.6. The largest absolute Gasteiger partial charge is 0.423 e. The summed E-state index contributed by atoms with van der Waals surface area (Å²) in [6, 6.07) is 9.24. The van der Waals surface area contributed by atoms with Crippen LogP contribution in [0.25, 0.3) is 11.1 Å². The van der Waals surface area contributed by atoms with E-state index >= 15 is 0 Å². The van der Waals surface area contributed by atoms with Gasteiger partial charge in [0.25, 0.3) is 6.01 Å². The zero-order valence-electron chi connectivity index (χ0n) is 17.6. The van der Waals surface area contributed by atoms with Gasteiger partial charge in [0, 0.05) is 38.1 Å². The maximum Gasteiger partial charge on any atom is 0.298 e. The van der Waals surface area contributed by atoms with Crippen molar-refractivity contribution in [2.75, 3.05) is 44.2 Å². The van der Waals surface area contributed by atoms with Crippen LogP contribution in [0.15, 0.2) is 28.7 Å². The van der Waals surface area contributed by atoms with Crippen molar-refractivity contribution >= 4 is 23.0 Å². The Morgan fingerprint density at radius 2 is 1.77 bits per heavy atom. The first-order valence-corrected chi connectivity index (χ1v) is 11.5. The number of carbonyl (C=O) groups excluding carboxylic acids is 1. The number of hydrogen-bond acceptors (Lipinski definition) is 6. The van der Waals surface area contributed by atoms with Gasteiger partial charge in [0.2, 0.25) is 5.91 Å². The number of carbonyl (C=O) groups is 1. The van der Waals surface area contributed by atoms with Crippen molar-refractivity contribution in [1.82, 2.24) is 14.8 Å². The van der Waals surface area contributed by atoms with Gasteiger partial charge in [0.15, 0.2) is 5.58 Å². The topological polar surface area (TPSA) is 73.1 Å². The van der Waals surface area contributed by atoms with Crippen molar-refractivity contribution in [2.45, 2.75) is 50.7 Å². The molecule has 1 aromatic heterocycles. The van der Waals surface area contributed by atoms with Crippen molar-refractivity contribution in [3.05, 3.63) is 24.3 Å². The van der Waals surface area contributed by atoms with Crippen molar-refractivity contribution < 1.29 is 14.3 Å². The van der Waals surface area contributed by atoms with Crippen molar-refractivity contribution in [2.24, 2.45) is 5.92 Å². The molecule has 0 radical (unpaired) electrons. The normalized spacial score (nSPS) is 25.2. The van der Waals surface area contributed by atoms with E-state index in [1.54, 1.807) is 0 Å². The lowest BCUT2D eigenvalue weighted by molar-refractivity contribution is -0.140. The second-order valence-electron chi connectivity index (χ2n) is 9.07. The Kier molecular flexibility index (Phi) is 5.65. The third-order valence-corrected chi connectivity index (χ3v) is 7.12. The van der Waals surface area contributed by atoms with Crippen LogP contribution in [0.3, 0.4) is 0 Å². The van der Waals surface area contributed by atoms with Gasteiger partial charge < -0.3 is 24.2 Å². The monoisotopic (exact) mass is 412 g/mol. The van der Waals surface area contributed by atoms with E-state index in [-0.39, 0.29) is 17.9 Å². The number of benzene rings is 1. The summed E-state index contributed by atoms with van der Waals surface area (Å²) in [6.45, 7) is 5.25. The van der Waals surface area contributed by atoms with Gasteiger partial charge in [-0.3, -0.25) is 4.79 Å². The van der Waals surface area contributed by atoms with Crippen molar-refractivity contribution in [3.8, 4) is 0 Å². The van der Waals surface area contributed by atoms with Crippen molar-refractivity contribution in [1.29, 1.82) is 0 Å². The molecule has 1 N–H and O–H groups in total. The SMILES string of the molecule is O=C(C1CCN(C2CCN(c3nc4ccccc4o3)CC2)CC1)N1CCCC(O)C1. The molecule has 3 saturated heterocycles. The molecule has 0 bridgehead atoms. The van der Waals surface area contributed by atoms with E-state index in [0.717, 1.165) is 88.4 Å². The molecule has 3 aliphatic rings. The Balaban J connectivity index is 1.11. The minimum Gasteiger partial charge on any atom is -0.423 e. The first kappa shape index (κ1) is 19.8. The number of aliphatic hydroxyl groups excluding tert-OH is 1. The van der Waals surface area contributed by atoms with Gasteiger partial charge in [-0.2, -0.15) is 4.98 Å². The Morgan fingerprint density at radius 3 is 2.50 bits per heavy atom. The second kappa shape index (κ2) is 8.55. The van der Waals surface area contributed by atoms with E-state index in [0.29, 0.717) is 12.6 Å². The molecule has 0 aliphatic carbocycles. The Hall–Kier alpha value is -2.12. The van der Waals surface area contributed by atoms with Gasteiger partial charge in [-0.25, -0.2) is 0 Å². The highest BCUT2D eigenvalue weighted by Gasteiger charge is 2.34. The highest BCUT2D eigenvalue weighted by atomic mass is 16.4. The Bertz CT molecular complexity index is 835. The van der Waals surface area contributed by atoms with Gasteiger partial charge in [0.05, 0.1) is 6.10 Å². The maximum atomic E-state index is 12.8. The van der Waals surface area contributed by atoms with E-state index in [1.807, 2.05) is 29.2 Å². The predicted octanol–water partition coefficient (Wildman–Crippen LogP) is 2.49. The quantitative estimate of drug-likeness (QED) is 0.835. The van der Waals surface area contributed by atoms with E-state index < -0.39 is 0 Å². The number of aliphatic hydroxyl groups is 1. The summed E-state index contributed by atoms with van der Waals surface area (Å²) in [5.74, 6) is 0.394. The number of likely N-dealkylation sites (tertiary alicyclic amines) is 2. The number of β-amino-alcohol motifs (C(OH)–C–C–N with tert-alkyl or cyclic N) is 1. The number of para-hydroxylation sites is 2. The lowest BCUT2D eigenvalue weighted by Gasteiger charge is -2.42. The molecule has 1 amide bonds. The summed E-state index contributed by atoms with van der Waals surface area (Å²) in [5.41, 5.74) is 1.77. The summed E-state index contributed by atoms with van der Waals surface area (Å²) in [4.78, 5) is 24.2. The molecule has 30 heavy (non-hydrogen) atoms. The number of anilines is 1. The number of amides is 1. The molecule has 1 unspecified atom stereocenters. The van der Waals surface area contributed by atoms with Gasteiger partial charge >= 0.3 is 0 Å². The molecule has 1 aromatic carbocycles. The van der Waals surface area contributed by atoms with Crippen LogP contribution >= 0.6 is 0 Å². The van der Waals surface area contributed by atoms with Crippen LogP contribution in [0.5, 0.6) is 0 Å². The van der Waals surface area contributed by atoms with E-state index in [2.05, 4.69) is 14.8 Å². The average molecular weight is 413 g/mol. The maximum absolute atomic E-state index is 12.8. The fourth-order valence-corrected chi connectivity index (χ4v) is 5.34. The van der Waals surface area contributed by atoms with Crippen LogP contribution in [0, 0.1) is 5.92 Å². The van der Waals surface area contributed by atoms with Crippen LogP contribution in [0.2, 0.25) is 0 Å². The number of piperidine rings is 3. The molecule has 4 heterocycles. The lowest BCUT2D eigenvalue weighted by atomic mass is 9.91. The first-order valence-electron chi connectivity index (χ1n) is 11.5. The van der Waals surface area contributed by atoms with Gasteiger partial charge in [0.1, 0.15) is 5.52 Å². The number of rotatable bonds is 3. The average Bonchev–Trinajstić information content (AvgIpc) is 3.23. The smallest absolute Gasteiger partial charge is 0.298 e. The highest BCUT2D eigenvalue weighted by Crippen LogP contribution is 2.29. The molecule has 0 spiro atoms. The number of nitrogens with zero attached hydrogens (tertiary/aromatic N) is 4. The zero-order chi connectivity index (χ0) is 20.5. The molecular formula is C23H32N4O3. The third-order valence-electron chi connectivity index (χ3n) is 7.12. The van der Waals surface area contributed by atoms with Crippen LogP contribution in [-0.4, -0.2) is 77.2 Å². The molecule has 7 nitrogen and oxygen atoms in total. The molecule has 3 aliphatic heterocycles. The van der Waals surface area contributed by atoms with Gasteiger partial charge in [-0.1, -0.05) is 12.1 Å². The Labute approximate surface area is 177 Å². The number of hydrogen-bond donors (Lipinski definition) is 1. The number of fused-ring (bicyclic) bond motifs is 1. The van der Waals surface area contributed by atoms with Gasteiger partial charge in [-0.05, 0) is 63.7 Å². The molecule has 2 aromatic rings. The minimum absolute atomic E-state index is 0.131. The van der Waals surface area contributed by atoms with Crippen LogP contribution in [0.4, 0.5) is 6.01 Å². The number of oxazole rings is 1. The molecule has 162 valence electrons. The summed E-state index contributed by atoms with van der Waals surface area (Å²) in [7, 11) is 0. The molecule has 1 atom stereocenters. The van der Waals surface area contributed by atoms with Crippen molar-refractivity contribution in [3.63, 3.8) is 0 Å². The molecular weight excluding hydrogens is 380 g/mol. The molecule has 5 rings (SSSR count). The van der Waals surface area contributed by atoms with Gasteiger partial charge in [-0.15, -0.1) is 0 Å². The minimum atomic E-state index is -0.339. The highest BCUT2D eigenvalue weighted by molar-refractivity contribution is 5.79. The number of aromatic nitrogens is 1. The summed E-state index contributed by atoms with van der Waals surface area (Å²) < 4.78 is 5.94. The second-order valence-corrected chi connectivity index (χ2v) is 9.07.